The number of hydrogen-bond acceptors (Lipinski definition) is 2. The summed E-state index contributed by atoms with van der Waals surface area (Å²) in [6.07, 6.45) is 1.58. The van der Waals surface area contributed by atoms with E-state index in [4.69, 9.17) is 5.11 Å². The molecule has 1 N–H and O–H groups in total. The van der Waals surface area contributed by atoms with Crippen LogP contribution in [0.25, 0.3) is 0 Å². The van der Waals surface area contributed by atoms with Crippen molar-refractivity contribution in [3.8, 4) is 0 Å². The number of carboxylic acid groups (broad SMARTS) is 1. The molecule has 4 nitrogen and oxygen atoms in total. The first-order valence-electron chi connectivity index (χ1n) is 5.80. The standard InChI is InChI=1S/C14H16N2O2/c1-9-4-5-12(10(2)6-9)7-16-8-15-11(3)13(16)14(17)18/h4-6,8H,7H2,1-3H3,(H,17,18). The average Bonchev–Trinajstić information content (AvgIpc) is 2.64. The minimum Gasteiger partial charge on any atom is -0.477 e. The quantitative estimate of drug-likeness (QED) is 0.902. The molecule has 1 heterocycles. The number of rotatable bonds is 3. The van der Waals surface area contributed by atoms with Crippen LogP contribution in [0.2, 0.25) is 0 Å². The van der Waals surface area contributed by atoms with E-state index < -0.39 is 5.97 Å². The van der Waals surface area contributed by atoms with Crippen LogP contribution in [0, 0.1) is 20.8 Å². The number of nitrogens with zero attached hydrogens (tertiary/aromatic N) is 2. The Morgan fingerprint density at radius 3 is 2.67 bits per heavy atom. The lowest BCUT2D eigenvalue weighted by Gasteiger charge is -2.09. The van der Waals surface area contributed by atoms with Crippen molar-refractivity contribution in [2.24, 2.45) is 0 Å². The zero-order valence-corrected chi connectivity index (χ0v) is 10.8. The molecule has 0 saturated heterocycles. The van der Waals surface area contributed by atoms with Crippen molar-refractivity contribution in [2.75, 3.05) is 0 Å². The van der Waals surface area contributed by atoms with E-state index in [1.807, 2.05) is 26.0 Å². The Morgan fingerprint density at radius 2 is 2.06 bits per heavy atom. The van der Waals surface area contributed by atoms with Gasteiger partial charge in [0, 0.05) is 6.54 Å². The molecule has 0 atom stereocenters. The minimum absolute atomic E-state index is 0.259. The second-order valence-corrected chi connectivity index (χ2v) is 4.54. The summed E-state index contributed by atoms with van der Waals surface area (Å²) in [5, 5.41) is 9.17. The SMILES string of the molecule is Cc1ccc(Cn2cnc(C)c2C(=O)O)c(C)c1. The Balaban J connectivity index is 2.37. The predicted molar refractivity (Wildman–Crippen MR) is 68.9 cm³/mol. The van der Waals surface area contributed by atoms with Gasteiger partial charge in [-0.15, -0.1) is 0 Å². The molecular formula is C14H16N2O2. The molecule has 4 heteroatoms. The molecule has 1 aromatic carbocycles. The number of carbonyl (C=O) groups is 1. The molecule has 0 amide bonds. The van der Waals surface area contributed by atoms with Crippen molar-refractivity contribution in [1.29, 1.82) is 0 Å². The van der Waals surface area contributed by atoms with Gasteiger partial charge in [0.05, 0.1) is 12.0 Å². The minimum atomic E-state index is -0.935. The Morgan fingerprint density at radius 1 is 1.33 bits per heavy atom. The summed E-state index contributed by atoms with van der Waals surface area (Å²) in [6.45, 7) is 6.32. The van der Waals surface area contributed by atoms with Crippen LogP contribution in [0.3, 0.4) is 0 Å². The van der Waals surface area contributed by atoms with Gasteiger partial charge in [0.1, 0.15) is 5.69 Å². The van der Waals surface area contributed by atoms with Crippen molar-refractivity contribution in [3.05, 3.63) is 52.6 Å². The Labute approximate surface area is 106 Å². The number of imidazole rings is 1. The topological polar surface area (TPSA) is 55.1 Å². The van der Waals surface area contributed by atoms with E-state index in [2.05, 4.69) is 11.1 Å². The van der Waals surface area contributed by atoms with Gasteiger partial charge in [0.25, 0.3) is 0 Å². The van der Waals surface area contributed by atoms with Crippen LogP contribution in [0.15, 0.2) is 24.5 Å². The van der Waals surface area contributed by atoms with Crippen LogP contribution in [-0.4, -0.2) is 20.6 Å². The van der Waals surface area contributed by atoms with E-state index in [1.165, 1.54) is 5.56 Å². The maximum Gasteiger partial charge on any atom is 0.354 e. The van der Waals surface area contributed by atoms with Crippen molar-refractivity contribution < 1.29 is 9.90 Å². The van der Waals surface area contributed by atoms with Crippen LogP contribution in [0.1, 0.15) is 32.9 Å². The number of aryl methyl sites for hydroxylation is 3. The lowest BCUT2D eigenvalue weighted by molar-refractivity contribution is 0.0684. The monoisotopic (exact) mass is 244 g/mol. The first-order chi connectivity index (χ1) is 8.49. The smallest absolute Gasteiger partial charge is 0.354 e. The fourth-order valence-electron chi connectivity index (χ4n) is 2.09. The second kappa shape index (κ2) is 4.64. The highest BCUT2D eigenvalue weighted by Gasteiger charge is 2.15. The molecule has 1 aromatic heterocycles. The molecule has 2 aromatic rings. The van der Waals surface area contributed by atoms with Crippen molar-refractivity contribution >= 4 is 5.97 Å². The maximum atomic E-state index is 11.2. The van der Waals surface area contributed by atoms with E-state index in [-0.39, 0.29) is 5.69 Å². The highest BCUT2D eigenvalue weighted by Crippen LogP contribution is 2.15. The van der Waals surface area contributed by atoms with Gasteiger partial charge in [-0.25, -0.2) is 9.78 Å². The molecule has 0 aliphatic carbocycles. The van der Waals surface area contributed by atoms with Crippen molar-refractivity contribution in [1.82, 2.24) is 9.55 Å². The highest BCUT2D eigenvalue weighted by atomic mass is 16.4. The summed E-state index contributed by atoms with van der Waals surface area (Å²) in [5.74, 6) is -0.935. The predicted octanol–water partition coefficient (Wildman–Crippen LogP) is 2.55. The first-order valence-corrected chi connectivity index (χ1v) is 5.80. The fourth-order valence-corrected chi connectivity index (χ4v) is 2.09. The zero-order valence-electron chi connectivity index (χ0n) is 10.8. The molecule has 0 bridgehead atoms. The third-order valence-corrected chi connectivity index (χ3v) is 3.06. The van der Waals surface area contributed by atoms with Gasteiger partial charge in [-0.1, -0.05) is 23.8 Å². The van der Waals surface area contributed by atoms with Crippen LogP contribution < -0.4 is 0 Å². The third-order valence-electron chi connectivity index (χ3n) is 3.06. The Hall–Kier alpha value is -2.10. The molecule has 18 heavy (non-hydrogen) atoms. The van der Waals surface area contributed by atoms with Gasteiger partial charge >= 0.3 is 5.97 Å². The van der Waals surface area contributed by atoms with E-state index in [1.54, 1.807) is 17.8 Å². The van der Waals surface area contributed by atoms with Crippen LogP contribution >= 0.6 is 0 Å². The molecule has 0 fully saturated rings. The second-order valence-electron chi connectivity index (χ2n) is 4.54. The number of aromatic carboxylic acids is 1. The molecule has 94 valence electrons. The van der Waals surface area contributed by atoms with Gasteiger partial charge in [0.15, 0.2) is 0 Å². The fraction of sp³-hybridized carbons (Fsp3) is 0.286. The third kappa shape index (κ3) is 2.27. The lowest BCUT2D eigenvalue weighted by Crippen LogP contribution is -2.10. The van der Waals surface area contributed by atoms with Crippen molar-refractivity contribution in [2.45, 2.75) is 27.3 Å². The van der Waals surface area contributed by atoms with Gasteiger partial charge < -0.3 is 9.67 Å². The summed E-state index contributed by atoms with van der Waals surface area (Å²) >= 11 is 0. The summed E-state index contributed by atoms with van der Waals surface area (Å²) in [5.41, 5.74) is 4.29. The molecule has 0 spiro atoms. The number of benzene rings is 1. The molecule has 2 rings (SSSR count). The Kier molecular flexibility index (Phi) is 3.19. The number of carboxylic acids is 1. The first kappa shape index (κ1) is 12.4. The van der Waals surface area contributed by atoms with Crippen LogP contribution in [0.4, 0.5) is 0 Å². The van der Waals surface area contributed by atoms with Gasteiger partial charge in [-0.05, 0) is 31.9 Å². The van der Waals surface area contributed by atoms with Crippen LogP contribution in [0.5, 0.6) is 0 Å². The van der Waals surface area contributed by atoms with Gasteiger partial charge in [-0.2, -0.15) is 0 Å². The maximum absolute atomic E-state index is 11.2. The van der Waals surface area contributed by atoms with E-state index in [0.717, 1.165) is 11.1 Å². The molecule has 0 unspecified atom stereocenters. The van der Waals surface area contributed by atoms with Gasteiger partial charge in [-0.3, -0.25) is 0 Å². The summed E-state index contributed by atoms with van der Waals surface area (Å²) in [4.78, 5) is 15.2. The van der Waals surface area contributed by atoms with E-state index >= 15 is 0 Å². The molecule has 0 radical (unpaired) electrons. The highest BCUT2D eigenvalue weighted by molar-refractivity contribution is 5.86. The molecule has 0 saturated carbocycles. The number of aromatic nitrogens is 2. The molecule has 0 aliphatic rings. The largest absolute Gasteiger partial charge is 0.477 e. The summed E-state index contributed by atoms with van der Waals surface area (Å²) in [7, 11) is 0. The normalized spacial score (nSPS) is 10.6. The van der Waals surface area contributed by atoms with E-state index in [0.29, 0.717) is 12.2 Å². The van der Waals surface area contributed by atoms with E-state index in [9.17, 15) is 4.79 Å². The zero-order chi connectivity index (χ0) is 13.3. The molecule has 0 aliphatic heterocycles. The molecular weight excluding hydrogens is 228 g/mol. The summed E-state index contributed by atoms with van der Waals surface area (Å²) < 4.78 is 1.68. The summed E-state index contributed by atoms with van der Waals surface area (Å²) in [6, 6.07) is 6.16. The lowest BCUT2D eigenvalue weighted by atomic mass is 10.1. The van der Waals surface area contributed by atoms with Crippen molar-refractivity contribution in [3.63, 3.8) is 0 Å². The average molecular weight is 244 g/mol. The van der Waals surface area contributed by atoms with Gasteiger partial charge in [0.2, 0.25) is 0 Å². The Bertz CT molecular complexity index is 600. The van der Waals surface area contributed by atoms with Crippen LogP contribution in [-0.2, 0) is 6.54 Å². The number of hydrogen-bond donors (Lipinski definition) is 1.